The first-order valence-electron chi connectivity index (χ1n) is 9.35. The fourth-order valence-electron chi connectivity index (χ4n) is 2.86. The highest BCUT2D eigenvalue weighted by Crippen LogP contribution is 2.17. The van der Waals surface area contributed by atoms with E-state index in [9.17, 15) is 9.59 Å². The minimum atomic E-state index is -0.255. The van der Waals surface area contributed by atoms with Gasteiger partial charge >= 0.3 is 6.09 Å². The largest absolute Gasteiger partial charge is 0.450 e. The summed E-state index contributed by atoms with van der Waals surface area (Å²) in [5.41, 5.74) is 0.375. The molecule has 0 spiro atoms. The highest BCUT2D eigenvalue weighted by atomic mass is 16.6. The van der Waals surface area contributed by atoms with Gasteiger partial charge in [0.05, 0.1) is 6.61 Å². The summed E-state index contributed by atoms with van der Waals surface area (Å²) in [6.07, 6.45) is 3.33. The number of aryl methyl sites for hydroxylation is 1. The minimum Gasteiger partial charge on any atom is -0.450 e. The summed E-state index contributed by atoms with van der Waals surface area (Å²) in [4.78, 5) is 34.3. The van der Waals surface area contributed by atoms with Crippen LogP contribution < -0.4 is 10.6 Å². The Hall–Kier alpha value is -2.38. The maximum atomic E-state index is 12.2. The van der Waals surface area contributed by atoms with Crippen LogP contribution in [-0.4, -0.2) is 59.2 Å². The average Bonchev–Trinajstić information content (AvgIpc) is 2.62. The molecule has 1 aromatic heterocycles. The number of carbonyl (C=O) groups excluding carboxylic acids is 2. The van der Waals surface area contributed by atoms with E-state index in [0.717, 1.165) is 25.7 Å². The third kappa shape index (κ3) is 5.86. The molecule has 144 valence electrons. The minimum absolute atomic E-state index is 0.177. The summed E-state index contributed by atoms with van der Waals surface area (Å²) < 4.78 is 5.03. The first-order chi connectivity index (χ1) is 12.5. The SMILES string of the molecule is CCCCNC(=O)c1cc(NC2CCN(C(=O)OCC)CC2)nc(C)n1. The van der Waals surface area contributed by atoms with Gasteiger partial charge in [0.15, 0.2) is 0 Å². The van der Waals surface area contributed by atoms with E-state index >= 15 is 0 Å². The van der Waals surface area contributed by atoms with Crippen LogP contribution in [-0.2, 0) is 4.74 Å². The number of carbonyl (C=O) groups is 2. The van der Waals surface area contributed by atoms with Crippen LogP contribution in [0.15, 0.2) is 6.07 Å². The molecule has 1 fully saturated rings. The Kier molecular flexibility index (Phi) is 7.62. The number of nitrogens with zero attached hydrogens (tertiary/aromatic N) is 3. The van der Waals surface area contributed by atoms with Gasteiger partial charge < -0.3 is 20.3 Å². The zero-order valence-corrected chi connectivity index (χ0v) is 15.9. The van der Waals surface area contributed by atoms with Crippen LogP contribution in [0.5, 0.6) is 0 Å². The molecule has 2 heterocycles. The van der Waals surface area contributed by atoms with Crippen LogP contribution in [0.2, 0.25) is 0 Å². The number of piperidine rings is 1. The van der Waals surface area contributed by atoms with Gasteiger partial charge in [-0.1, -0.05) is 13.3 Å². The zero-order chi connectivity index (χ0) is 18.9. The van der Waals surface area contributed by atoms with Gasteiger partial charge in [0.2, 0.25) is 0 Å². The molecule has 0 aliphatic carbocycles. The van der Waals surface area contributed by atoms with E-state index in [1.165, 1.54) is 0 Å². The first-order valence-corrected chi connectivity index (χ1v) is 9.35. The van der Waals surface area contributed by atoms with Crippen molar-refractivity contribution < 1.29 is 14.3 Å². The number of hydrogen-bond acceptors (Lipinski definition) is 6. The Morgan fingerprint density at radius 3 is 2.65 bits per heavy atom. The smallest absolute Gasteiger partial charge is 0.409 e. The van der Waals surface area contributed by atoms with Crippen molar-refractivity contribution in [3.05, 3.63) is 17.6 Å². The lowest BCUT2D eigenvalue weighted by atomic mass is 10.1. The van der Waals surface area contributed by atoms with Crippen molar-refractivity contribution in [1.29, 1.82) is 0 Å². The molecule has 0 aromatic carbocycles. The zero-order valence-electron chi connectivity index (χ0n) is 15.9. The number of hydrogen-bond donors (Lipinski definition) is 2. The van der Waals surface area contributed by atoms with Crippen LogP contribution in [0.3, 0.4) is 0 Å². The Morgan fingerprint density at radius 2 is 2.00 bits per heavy atom. The van der Waals surface area contributed by atoms with Gasteiger partial charge in [-0.05, 0) is 33.1 Å². The van der Waals surface area contributed by atoms with Gasteiger partial charge in [0.25, 0.3) is 5.91 Å². The average molecular weight is 363 g/mol. The van der Waals surface area contributed by atoms with Crippen molar-refractivity contribution >= 4 is 17.8 Å². The molecular formula is C18H29N5O3. The molecule has 0 radical (unpaired) electrons. The van der Waals surface area contributed by atoms with E-state index in [1.54, 1.807) is 24.8 Å². The van der Waals surface area contributed by atoms with Crippen molar-refractivity contribution in [2.45, 2.75) is 52.5 Å². The van der Waals surface area contributed by atoms with Crippen molar-refractivity contribution in [2.75, 3.05) is 31.6 Å². The van der Waals surface area contributed by atoms with Crippen molar-refractivity contribution in [1.82, 2.24) is 20.2 Å². The lowest BCUT2D eigenvalue weighted by Crippen LogP contribution is -2.42. The number of ether oxygens (including phenoxy) is 1. The van der Waals surface area contributed by atoms with Gasteiger partial charge in [-0.3, -0.25) is 4.79 Å². The molecule has 0 bridgehead atoms. The second-order valence-electron chi connectivity index (χ2n) is 6.40. The Balaban J connectivity index is 1.91. The van der Waals surface area contributed by atoms with Crippen LogP contribution in [0.1, 0.15) is 55.8 Å². The van der Waals surface area contributed by atoms with Crippen LogP contribution in [0.4, 0.5) is 10.6 Å². The second kappa shape index (κ2) is 9.94. The molecule has 1 aromatic rings. The number of aromatic nitrogens is 2. The van der Waals surface area contributed by atoms with E-state index in [4.69, 9.17) is 4.74 Å². The number of anilines is 1. The monoisotopic (exact) mass is 363 g/mol. The maximum Gasteiger partial charge on any atom is 0.409 e. The van der Waals surface area contributed by atoms with Crippen LogP contribution in [0.25, 0.3) is 0 Å². The quantitative estimate of drug-likeness (QED) is 0.722. The summed E-state index contributed by atoms with van der Waals surface area (Å²) in [5, 5.41) is 6.24. The lowest BCUT2D eigenvalue weighted by molar-refractivity contribution is 0.0945. The Bertz CT molecular complexity index is 615. The van der Waals surface area contributed by atoms with Crippen molar-refractivity contribution in [2.24, 2.45) is 0 Å². The molecule has 0 unspecified atom stereocenters. The Morgan fingerprint density at radius 1 is 1.27 bits per heavy atom. The number of nitrogens with one attached hydrogen (secondary N) is 2. The topological polar surface area (TPSA) is 96.5 Å². The molecule has 8 nitrogen and oxygen atoms in total. The van der Waals surface area contributed by atoms with Gasteiger partial charge in [-0.15, -0.1) is 0 Å². The molecule has 2 rings (SSSR count). The molecule has 2 amide bonds. The molecule has 0 atom stereocenters. The molecule has 1 aliphatic heterocycles. The molecule has 1 aliphatic rings. The number of amides is 2. The first kappa shape index (κ1) is 19.9. The normalized spacial score (nSPS) is 14.8. The van der Waals surface area contributed by atoms with Gasteiger partial charge in [-0.2, -0.15) is 0 Å². The molecule has 1 saturated heterocycles. The Labute approximate surface area is 154 Å². The summed E-state index contributed by atoms with van der Waals surface area (Å²) >= 11 is 0. The molecule has 2 N–H and O–H groups in total. The van der Waals surface area contributed by atoms with Crippen LogP contribution >= 0.6 is 0 Å². The fraction of sp³-hybridized carbons (Fsp3) is 0.667. The van der Waals surface area contributed by atoms with Crippen LogP contribution in [0, 0.1) is 6.92 Å². The number of rotatable bonds is 7. The van der Waals surface area contributed by atoms with Gasteiger partial charge in [0, 0.05) is 31.7 Å². The predicted octanol–water partition coefficient (Wildman–Crippen LogP) is 2.35. The molecule has 0 saturated carbocycles. The maximum absolute atomic E-state index is 12.2. The van der Waals surface area contributed by atoms with E-state index in [-0.39, 0.29) is 18.0 Å². The second-order valence-corrected chi connectivity index (χ2v) is 6.40. The van der Waals surface area contributed by atoms with Gasteiger partial charge in [-0.25, -0.2) is 14.8 Å². The molecule has 26 heavy (non-hydrogen) atoms. The van der Waals surface area contributed by atoms with E-state index in [2.05, 4.69) is 27.5 Å². The standard InChI is InChI=1S/C18H29N5O3/c1-4-6-9-19-17(24)15-12-16(21-13(3)20-15)22-14-7-10-23(11-8-14)18(25)26-5-2/h12,14H,4-11H2,1-3H3,(H,19,24)(H,20,21,22). The van der Waals surface area contributed by atoms with Crippen molar-refractivity contribution in [3.63, 3.8) is 0 Å². The molecular weight excluding hydrogens is 334 g/mol. The van der Waals surface area contributed by atoms with Gasteiger partial charge in [0.1, 0.15) is 17.3 Å². The van der Waals surface area contributed by atoms with E-state index < -0.39 is 0 Å². The summed E-state index contributed by atoms with van der Waals surface area (Å²) in [7, 11) is 0. The fourth-order valence-corrected chi connectivity index (χ4v) is 2.86. The van der Waals surface area contributed by atoms with E-state index in [0.29, 0.717) is 43.6 Å². The summed E-state index contributed by atoms with van der Waals surface area (Å²) in [5.74, 6) is 1.02. The van der Waals surface area contributed by atoms with Crippen molar-refractivity contribution in [3.8, 4) is 0 Å². The lowest BCUT2D eigenvalue weighted by Gasteiger charge is -2.31. The summed E-state index contributed by atoms with van der Waals surface area (Å²) in [6.45, 7) is 7.98. The number of unbranched alkanes of at least 4 members (excludes halogenated alkanes) is 1. The summed E-state index contributed by atoms with van der Waals surface area (Å²) in [6, 6.07) is 1.89. The van der Waals surface area contributed by atoms with E-state index in [1.807, 2.05) is 0 Å². The highest BCUT2D eigenvalue weighted by Gasteiger charge is 2.24. The molecule has 8 heteroatoms. The third-order valence-corrected chi connectivity index (χ3v) is 4.26. The predicted molar refractivity (Wildman–Crippen MR) is 99.2 cm³/mol. The highest BCUT2D eigenvalue weighted by molar-refractivity contribution is 5.92. The third-order valence-electron chi connectivity index (χ3n) is 4.26. The number of likely N-dealkylation sites (tertiary alicyclic amines) is 1.